The van der Waals surface area contributed by atoms with E-state index < -0.39 is 6.04 Å². The van der Waals surface area contributed by atoms with Gasteiger partial charge in [0.15, 0.2) is 0 Å². The topological polar surface area (TPSA) is 90.5 Å². The Kier molecular flexibility index (Phi) is 4.50. The zero-order valence-electron chi connectivity index (χ0n) is 13.2. The molecule has 3 N–H and O–H groups in total. The minimum Gasteiger partial charge on any atom is -0.335 e. The summed E-state index contributed by atoms with van der Waals surface area (Å²) < 4.78 is 0. The van der Waals surface area contributed by atoms with Crippen LogP contribution < -0.4 is 16.0 Å². The monoisotopic (exact) mass is 328 g/mol. The van der Waals surface area contributed by atoms with E-state index in [1.54, 1.807) is 35.2 Å². The molecule has 2 unspecified atom stereocenters. The van der Waals surface area contributed by atoms with Crippen molar-refractivity contribution in [1.82, 2.24) is 15.5 Å². The summed E-state index contributed by atoms with van der Waals surface area (Å²) in [5.74, 6) is -0.366. The first-order valence-electron chi connectivity index (χ1n) is 7.96. The molecule has 2 heterocycles. The van der Waals surface area contributed by atoms with Gasteiger partial charge in [-0.05, 0) is 25.0 Å². The fraction of sp³-hybridized carbons (Fsp3) is 0.353. The maximum absolute atomic E-state index is 12.7. The Morgan fingerprint density at radius 3 is 2.96 bits per heavy atom. The molecule has 1 aromatic rings. The average Bonchev–Trinajstić information content (AvgIpc) is 2.69. The lowest BCUT2D eigenvalue weighted by atomic mass is 9.96. The Hall–Kier alpha value is -2.83. The molecule has 2 aliphatic heterocycles. The third kappa shape index (κ3) is 3.10. The molecule has 1 aromatic carbocycles. The van der Waals surface area contributed by atoms with Crippen LogP contribution in [-0.2, 0) is 4.79 Å². The van der Waals surface area contributed by atoms with Gasteiger partial charge in [-0.25, -0.2) is 4.79 Å². The zero-order valence-corrected chi connectivity index (χ0v) is 13.2. The SMILES string of the molecule is C=CCNC(=O)NC1CCN2C(=O)c3ccccc3NC(=O)C2C1. The molecule has 1 saturated heterocycles. The minimum absolute atomic E-state index is 0.150. The summed E-state index contributed by atoms with van der Waals surface area (Å²) in [5.41, 5.74) is 1.04. The smallest absolute Gasteiger partial charge is 0.315 e. The summed E-state index contributed by atoms with van der Waals surface area (Å²) in [5, 5.41) is 8.31. The largest absolute Gasteiger partial charge is 0.335 e. The molecule has 7 nitrogen and oxygen atoms in total. The number of hydrogen-bond donors (Lipinski definition) is 3. The number of nitrogens with zero attached hydrogens (tertiary/aromatic N) is 1. The number of carbonyl (C=O) groups is 3. The van der Waals surface area contributed by atoms with Crippen LogP contribution in [0, 0.1) is 0 Å². The van der Waals surface area contributed by atoms with Gasteiger partial charge in [0.2, 0.25) is 5.91 Å². The number of anilines is 1. The predicted molar refractivity (Wildman–Crippen MR) is 89.6 cm³/mol. The first-order chi connectivity index (χ1) is 11.6. The molecule has 0 aromatic heterocycles. The van der Waals surface area contributed by atoms with Gasteiger partial charge in [0.1, 0.15) is 6.04 Å². The molecule has 7 heteroatoms. The van der Waals surface area contributed by atoms with Crippen LogP contribution in [0.2, 0.25) is 0 Å². The standard InChI is InChI=1S/C17H20N4O3/c1-2-8-18-17(24)19-11-7-9-21-14(10-11)15(22)20-13-6-4-3-5-12(13)16(21)23/h2-6,11,14H,1,7-10H2,(H,20,22)(H2,18,19,24). The molecule has 2 atom stereocenters. The van der Waals surface area contributed by atoms with E-state index in [0.717, 1.165) is 0 Å². The fourth-order valence-corrected chi connectivity index (χ4v) is 3.14. The summed E-state index contributed by atoms with van der Waals surface area (Å²) in [6.45, 7) is 4.35. The highest BCUT2D eigenvalue weighted by molar-refractivity contribution is 6.09. The van der Waals surface area contributed by atoms with Crippen LogP contribution in [0.5, 0.6) is 0 Å². The third-order valence-electron chi connectivity index (χ3n) is 4.32. The highest BCUT2D eigenvalue weighted by Crippen LogP contribution is 2.28. The highest BCUT2D eigenvalue weighted by atomic mass is 16.2. The van der Waals surface area contributed by atoms with E-state index in [0.29, 0.717) is 37.2 Å². The van der Waals surface area contributed by atoms with Crippen LogP contribution in [-0.4, -0.2) is 47.9 Å². The van der Waals surface area contributed by atoms with E-state index in [1.807, 2.05) is 0 Å². The maximum Gasteiger partial charge on any atom is 0.315 e. The van der Waals surface area contributed by atoms with Gasteiger partial charge in [-0.15, -0.1) is 6.58 Å². The number of nitrogens with one attached hydrogen (secondary N) is 3. The van der Waals surface area contributed by atoms with Crippen LogP contribution in [0.1, 0.15) is 23.2 Å². The van der Waals surface area contributed by atoms with E-state index in [-0.39, 0.29) is 23.9 Å². The maximum atomic E-state index is 12.7. The van der Waals surface area contributed by atoms with Gasteiger partial charge < -0.3 is 20.9 Å². The summed E-state index contributed by atoms with van der Waals surface area (Å²) in [4.78, 5) is 38.6. The lowest BCUT2D eigenvalue weighted by Gasteiger charge is -2.37. The van der Waals surface area contributed by atoms with E-state index in [4.69, 9.17) is 0 Å². The molecule has 0 bridgehead atoms. The summed E-state index contributed by atoms with van der Waals surface area (Å²) in [7, 11) is 0. The van der Waals surface area contributed by atoms with Gasteiger partial charge in [-0.1, -0.05) is 18.2 Å². The molecule has 24 heavy (non-hydrogen) atoms. The van der Waals surface area contributed by atoms with Crippen molar-refractivity contribution in [2.45, 2.75) is 24.9 Å². The van der Waals surface area contributed by atoms with Gasteiger partial charge in [-0.3, -0.25) is 9.59 Å². The molecular weight excluding hydrogens is 308 g/mol. The van der Waals surface area contributed by atoms with Crippen molar-refractivity contribution in [2.75, 3.05) is 18.4 Å². The molecule has 0 saturated carbocycles. The predicted octanol–water partition coefficient (Wildman–Crippen LogP) is 1.10. The number of amides is 4. The van der Waals surface area contributed by atoms with Crippen LogP contribution in [0.15, 0.2) is 36.9 Å². The molecule has 4 amide bonds. The van der Waals surface area contributed by atoms with Crippen LogP contribution >= 0.6 is 0 Å². The molecule has 1 fully saturated rings. The summed E-state index contributed by atoms with van der Waals surface area (Å²) >= 11 is 0. The first kappa shape index (κ1) is 16.0. The van der Waals surface area contributed by atoms with Gasteiger partial charge in [0.25, 0.3) is 5.91 Å². The lowest BCUT2D eigenvalue weighted by molar-refractivity contribution is -0.121. The van der Waals surface area contributed by atoms with E-state index in [2.05, 4.69) is 22.5 Å². The number of fused-ring (bicyclic) bond motifs is 2. The Bertz CT molecular complexity index is 688. The molecule has 0 radical (unpaired) electrons. The Labute approximate surface area is 140 Å². The van der Waals surface area contributed by atoms with E-state index in [9.17, 15) is 14.4 Å². The minimum atomic E-state index is -0.580. The van der Waals surface area contributed by atoms with E-state index in [1.165, 1.54) is 0 Å². The quantitative estimate of drug-likeness (QED) is 0.726. The molecule has 0 spiro atoms. The van der Waals surface area contributed by atoms with Crippen molar-refractivity contribution >= 4 is 23.5 Å². The zero-order chi connectivity index (χ0) is 17.1. The number of benzene rings is 1. The van der Waals surface area contributed by atoms with Crippen LogP contribution in [0.4, 0.5) is 10.5 Å². The van der Waals surface area contributed by atoms with Crippen molar-refractivity contribution in [3.63, 3.8) is 0 Å². The first-order valence-corrected chi connectivity index (χ1v) is 7.96. The van der Waals surface area contributed by atoms with Crippen molar-refractivity contribution in [1.29, 1.82) is 0 Å². The molecule has 0 aliphatic carbocycles. The number of urea groups is 1. The molecule has 3 rings (SSSR count). The normalized spacial score (nSPS) is 22.6. The third-order valence-corrected chi connectivity index (χ3v) is 4.32. The Balaban J connectivity index is 1.73. The molecule has 126 valence electrons. The van der Waals surface area contributed by atoms with Crippen molar-refractivity contribution in [3.05, 3.63) is 42.5 Å². The number of piperidine rings is 1. The second-order valence-electron chi connectivity index (χ2n) is 5.91. The second-order valence-corrected chi connectivity index (χ2v) is 5.91. The van der Waals surface area contributed by atoms with Crippen molar-refractivity contribution in [3.8, 4) is 0 Å². The average molecular weight is 328 g/mol. The number of hydrogen-bond acceptors (Lipinski definition) is 3. The molecular formula is C17H20N4O3. The summed E-state index contributed by atoms with van der Waals surface area (Å²) in [6.07, 6.45) is 2.60. The molecule has 2 aliphatic rings. The number of para-hydroxylation sites is 1. The van der Waals surface area contributed by atoms with E-state index >= 15 is 0 Å². The summed E-state index contributed by atoms with van der Waals surface area (Å²) in [6, 6.07) is 5.97. The van der Waals surface area contributed by atoms with Crippen LogP contribution in [0.25, 0.3) is 0 Å². The van der Waals surface area contributed by atoms with Crippen molar-refractivity contribution < 1.29 is 14.4 Å². The number of carbonyl (C=O) groups excluding carboxylic acids is 3. The second kappa shape index (κ2) is 6.74. The Morgan fingerprint density at radius 1 is 1.38 bits per heavy atom. The number of rotatable bonds is 3. The van der Waals surface area contributed by atoms with Gasteiger partial charge >= 0.3 is 6.03 Å². The van der Waals surface area contributed by atoms with Crippen molar-refractivity contribution in [2.24, 2.45) is 0 Å². The van der Waals surface area contributed by atoms with Gasteiger partial charge in [-0.2, -0.15) is 0 Å². The Morgan fingerprint density at radius 2 is 2.17 bits per heavy atom. The lowest BCUT2D eigenvalue weighted by Crippen LogP contribution is -2.56. The fourth-order valence-electron chi connectivity index (χ4n) is 3.14. The van der Waals surface area contributed by atoms with Gasteiger partial charge in [0, 0.05) is 19.1 Å². The van der Waals surface area contributed by atoms with Crippen LogP contribution in [0.3, 0.4) is 0 Å². The van der Waals surface area contributed by atoms with Gasteiger partial charge in [0.05, 0.1) is 11.3 Å². The highest BCUT2D eigenvalue weighted by Gasteiger charge is 2.39.